The molecule has 118 valence electrons. The first-order chi connectivity index (χ1) is 10.0. The van der Waals surface area contributed by atoms with E-state index < -0.39 is 0 Å². The van der Waals surface area contributed by atoms with Gasteiger partial charge in [0.05, 0.1) is 10.7 Å². The van der Waals surface area contributed by atoms with Gasteiger partial charge in [-0.15, -0.1) is 11.3 Å². The van der Waals surface area contributed by atoms with E-state index in [-0.39, 0.29) is 18.6 Å². The first-order valence-corrected chi connectivity index (χ1v) is 8.73. The number of hydrogen-bond acceptors (Lipinski definition) is 4. The Bertz CT molecular complexity index is 479. The van der Waals surface area contributed by atoms with Crippen LogP contribution in [0.25, 0.3) is 0 Å². The highest BCUT2D eigenvalue weighted by molar-refractivity contribution is 7.13. The summed E-state index contributed by atoms with van der Waals surface area (Å²) in [6, 6.07) is 0.0129. The summed E-state index contributed by atoms with van der Waals surface area (Å²) in [6.45, 7) is 6.13. The zero-order valence-corrected chi connectivity index (χ0v) is 14.0. The molecule has 1 aliphatic carbocycles. The summed E-state index contributed by atoms with van der Waals surface area (Å²) in [5.74, 6) is 0.818. The van der Waals surface area contributed by atoms with Gasteiger partial charge in [0, 0.05) is 18.6 Å². The molecule has 1 atom stereocenters. The summed E-state index contributed by atoms with van der Waals surface area (Å²) in [4.78, 5) is 17.8. The fourth-order valence-electron chi connectivity index (χ4n) is 2.92. The van der Waals surface area contributed by atoms with Gasteiger partial charge in [-0.05, 0) is 32.1 Å². The third kappa shape index (κ3) is 4.04. The van der Waals surface area contributed by atoms with Gasteiger partial charge < -0.3 is 10.4 Å². The van der Waals surface area contributed by atoms with E-state index in [1.807, 2.05) is 6.92 Å². The van der Waals surface area contributed by atoms with Crippen LogP contribution in [0.2, 0.25) is 0 Å². The van der Waals surface area contributed by atoms with Crippen LogP contribution in [-0.2, 0) is 0 Å². The average Bonchev–Trinajstić information content (AvgIpc) is 3.06. The number of carbonyl (C=O) groups is 1. The van der Waals surface area contributed by atoms with Gasteiger partial charge in [0.1, 0.15) is 4.88 Å². The number of aryl methyl sites for hydroxylation is 1. The topological polar surface area (TPSA) is 62.2 Å². The highest BCUT2D eigenvalue weighted by Gasteiger charge is 2.25. The lowest BCUT2D eigenvalue weighted by Crippen LogP contribution is -2.39. The van der Waals surface area contributed by atoms with Gasteiger partial charge >= 0.3 is 0 Å². The number of aliphatic hydroxyl groups excluding tert-OH is 1. The molecule has 4 nitrogen and oxygen atoms in total. The van der Waals surface area contributed by atoms with Crippen LogP contribution < -0.4 is 5.32 Å². The summed E-state index contributed by atoms with van der Waals surface area (Å²) in [7, 11) is 0. The van der Waals surface area contributed by atoms with Gasteiger partial charge in [-0.3, -0.25) is 4.79 Å². The van der Waals surface area contributed by atoms with Crippen molar-refractivity contribution in [3.8, 4) is 0 Å². The first-order valence-electron chi connectivity index (χ1n) is 7.92. The minimum atomic E-state index is -0.0404. The second-order valence-electron chi connectivity index (χ2n) is 6.28. The van der Waals surface area contributed by atoms with Gasteiger partial charge in [-0.1, -0.05) is 26.7 Å². The van der Waals surface area contributed by atoms with Crippen LogP contribution in [-0.4, -0.2) is 28.6 Å². The van der Waals surface area contributed by atoms with Crippen molar-refractivity contribution in [1.29, 1.82) is 0 Å². The van der Waals surface area contributed by atoms with E-state index in [0.717, 1.165) is 15.6 Å². The Labute approximate surface area is 131 Å². The lowest BCUT2D eigenvalue weighted by Gasteiger charge is -2.21. The van der Waals surface area contributed by atoms with Crippen molar-refractivity contribution >= 4 is 17.2 Å². The maximum atomic E-state index is 12.5. The number of nitrogens with one attached hydrogen (secondary N) is 1. The summed E-state index contributed by atoms with van der Waals surface area (Å²) in [5, 5.41) is 13.3. The minimum absolute atomic E-state index is 0.0129. The monoisotopic (exact) mass is 310 g/mol. The van der Waals surface area contributed by atoms with Crippen LogP contribution >= 0.6 is 11.3 Å². The number of aromatic nitrogens is 1. The fourth-order valence-corrected chi connectivity index (χ4v) is 4.06. The summed E-state index contributed by atoms with van der Waals surface area (Å²) < 4.78 is 0. The molecule has 0 aromatic carbocycles. The fraction of sp³-hybridized carbons (Fsp3) is 0.750. The minimum Gasteiger partial charge on any atom is -0.396 e. The predicted molar refractivity (Wildman–Crippen MR) is 85.9 cm³/mol. The molecular weight excluding hydrogens is 284 g/mol. The summed E-state index contributed by atoms with van der Waals surface area (Å²) in [5.41, 5.74) is 0.839. The summed E-state index contributed by atoms with van der Waals surface area (Å²) in [6.07, 6.45) is 5.55. The van der Waals surface area contributed by atoms with Crippen molar-refractivity contribution < 1.29 is 9.90 Å². The molecule has 1 heterocycles. The van der Waals surface area contributed by atoms with Crippen molar-refractivity contribution in [2.75, 3.05) is 6.61 Å². The first kappa shape index (κ1) is 16.4. The molecular formula is C16H26N2O2S. The quantitative estimate of drug-likeness (QED) is 0.848. The SMILES string of the molecule is Cc1nc(C2CCCC2)sc1C(=O)NC(CCO)C(C)C. The van der Waals surface area contributed by atoms with Crippen molar-refractivity contribution in [3.05, 3.63) is 15.6 Å². The molecule has 1 amide bonds. The number of aliphatic hydroxyl groups is 1. The molecule has 1 saturated carbocycles. The van der Waals surface area contributed by atoms with E-state index in [2.05, 4.69) is 24.1 Å². The van der Waals surface area contributed by atoms with Crippen LogP contribution in [0.5, 0.6) is 0 Å². The Morgan fingerprint density at radius 2 is 2.10 bits per heavy atom. The zero-order chi connectivity index (χ0) is 15.4. The van der Waals surface area contributed by atoms with Crippen molar-refractivity contribution in [1.82, 2.24) is 10.3 Å². The number of carbonyl (C=O) groups excluding carboxylic acids is 1. The van der Waals surface area contributed by atoms with Gasteiger partial charge in [0.15, 0.2) is 0 Å². The van der Waals surface area contributed by atoms with E-state index >= 15 is 0 Å². The lowest BCUT2D eigenvalue weighted by atomic mass is 10.0. The van der Waals surface area contributed by atoms with Crippen LogP contribution in [0.3, 0.4) is 0 Å². The smallest absolute Gasteiger partial charge is 0.263 e. The second kappa shape index (κ2) is 7.36. The van der Waals surface area contributed by atoms with E-state index in [1.165, 1.54) is 25.7 Å². The summed E-state index contributed by atoms with van der Waals surface area (Å²) >= 11 is 1.55. The lowest BCUT2D eigenvalue weighted by molar-refractivity contribution is 0.0920. The van der Waals surface area contributed by atoms with Crippen LogP contribution in [0.4, 0.5) is 0 Å². The van der Waals surface area contributed by atoms with Gasteiger partial charge in [-0.25, -0.2) is 4.98 Å². The van der Waals surface area contributed by atoms with Crippen molar-refractivity contribution in [2.24, 2.45) is 5.92 Å². The van der Waals surface area contributed by atoms with Crippen molar-refractivity contribution in [3.63, 3.8) is 0 Å². The molecule has 21 heavy (non-hydrogen) atoms. The average molecular weight is 310 g/mol. The third-order valence-electron chi connectivity index (χ3n) is 4.29. The Morgan fingerprint density at radius 1 is 1.43 bits per heavy atom. The molecule has 2 N–H and O–H groups in total. The highest BCUT2D eigenvalue weighted by atomic mass is 32.1. The van der Waals surface area contributed by atoms with Crippen molar-refractivity contribution in [2.45, 2.75) is 64.8 Å². The van der Waals surface area contributed by atoms with E-state index in [0.29, 0.717) is 18.3 Å². The number of thiazole rings is 1. The largest absolute Gasteiger partial charge is 0.396 e. The van der Waals surface area contributed by atoms with Crippen LogP contribution in [0, 0.1) is 12.8 Å². The molecule has 0 radical (unpaired) electrons. The molecule has 5 heteroatoms. The molecule has 0 spiro atoms. The molecule has 1 unspecified atom stereocenters. The van der Waals surface area contributed by atoms with Gasteiger partial charge in [0.25, 0.3) is 5.91 Å². The third-order valence-corrected chi connectivity index (χ3v) is 5.60. The normalized spacial score (nSPS) is 17.4. The highest BCUT2D eigenvalue weighted by Crippen LogP contribution is 2.37. The van der Waals surface area contributed by atoms with E-state index in [1.54, 1.807) is 11.3 Å². The molecule has 1 aromatic heterocycles. The Morgan fingerprint density at radius 3 is 2.67 bits per heavy atom. The molecule has 1 aromatic rings. The molecule has 0 aliphatic heterocycles. The Hall–Kier alpha value is -0.940. The number of nitrogens with zero attached hydrogens (tertiary/aromatic N) is 1. The second-order valence-corrected chi connectivity index (χ2v) is 7.31. The van der Waals surface area contributed by atoms with Crippen LogP contribution in [0.15, 0.2) is 0 Å². The maximum Gasteiger partial charge on any atom is 0.263 e. The zero-order valence-electron chi connectivity index (χ0n) is 13.2. The Balaban J connectivity index is 2.07. The Kier molecular flexibility index (Phi) is 5.76. The van der Waals surface area contributed by atoms with Gasteiger partial charge in [0.2, 0.25) is 0 Å². The number of amides is 1. The number of hydrogen-bond donors (Lipinski definition) is 2. The maximum absolute atomic E-state index is 12.5. The van der Waals surface area contributed by atoms with Gasteiger partial charge in [-0.2, -0.15) is 0 Å². The molecule has 1 fully saturated rings. The standard InChI is InChI=1S/C16H26N2O2S/c1-10(2)13(8-9-19)18-15(20)14-11(3)17-16(21-14)12-6-4-5-7-12/h10,12-13,19H,4-9H2,1-3H3,(H,18,20). The van der Waals surface area contributed by atoms with Crippen LogP contribution in [0.1, 0.15) is 72.2 Å². The van der Waals surface area contributed by atoms with E-state index in [9.17, 15) is 4.79 Å². The van der Waals surface area contributed by atoms with E-state index in [4.69, 9.17) is 5.11 Å². The molecule has 2 rings (SSSR count). The predicted octanol–water partition coefficient (Wildman–Crippen LogP) is 3.25. The molecule has 0 saturated heterocycles. The number of rotatable bonds is 6. The molecule has 1 aliphatic rings. The molecule has 0 bridgehead atoms.